The Bertz CT molecular complexity index is 307. The van der Waals surface area contributed by atoms with Gasteiger partial charge in [-0.3, -0.25) is 0 Å². The first-order valence-electron chi connectivity index (χ1n) is 3.51. The molecule has 1 aromatic carbocycles. The lowest BCUT2D eigenvalue weighted by Gasteiger charge is -2.10. The summed E-state index contributed by atoms with van der Waals surface area (Å²) in [6, 6.07) is 1.89. The third-order valence-corrected chi connectivity index (χ3v) is 1.89. The van der Waals surface area contributed by atoms with Crippen molar-refractivity contribution in [1.29, 1.82) is 0 Å². The molecular weight excluding hydrogens is 238 g/mol. The maximum absolute atomic E-state index is 12.6. The quantitative estimate of drug-likeness (QED) is 0.852. The lowest BCUT2D eigenvalue weighted by atomic mass is 10.1. The number of rotatable bonds is 2. The largest absolute Gasteiger partial charge is 0.319 e. The molecule has 1 nitrogen and oxygen atoms in total. The molecule has 0 bridgehead atoms. The third kappa shape index (κ3) is 3.04. The number of alkyl halides is 2. The van der Waals surface area contributed by atoms with E-state index in [4.69, 9.17) is 17.3 Å². The number of nitrogens with two attached hydrogens (primary N) is 1. The van der Waals surface area contributed by atoms with Gasteiger partial charge in [-0.05, 0) is 17.7 Å². The van der Waals surface area contributed by atoms with Crippen molar-refractivity contribution in [3.05, 3.63) is 34.6 Å². The van der Waals surface area contributed by atoms with Gasteiger partial charge >= 0.3 is 0 Å². The molecule has 0 radical (unpaired) electrons. The first-order chi connectivity index (χ1) is 6.02. The summed E-state index contributed by atoms with van der Waals surface area (Å²) in [5, 5.41) is -0.200. The first kappa shape index (κ1) is 13.5. The van der Waals surface area contributed by atoms with Gasteiger partial charge in [0.05, 0.1) is 11.1 Å². The molecule has 0 unspecified atom stereocenters. The molecule has 0 aliphatic heterocycles. The highest BCUT2D eigenvalue weighted by Gasteiger charge is 2.18. The van der Waals surface area contributed by atoms with E-state index in [-0.39, 0.29) is 23.0 Å². The topological polar surface area (TPSA) is 26.0 Å². The van der Waals surface area contributed by atoms with Crippen LogP contribution in [0.3, 0.4) is 0 Å². The molecule has 0 saturated carbocycles. The van der Waals surface area contributed by atoms with Crippen molar-refractivity contribution in [2.45, 2.75) is 12.5 Å². The molecule has 0 aromatic heterocycles. The van der Waals surface area contributed by atoms with Crippen molar-refractivity contribution in [2.75, 3.05) is 0 Å². The minimum atomic E-state index is -2.68. The van der Waals surface area contributed by atoms with Crippen LogP contribution in [0.25, 0.3) is 0 Å². The molecule has 0 amide bonds. The summed E-state index contributed by atoms with van der Waals surface area (Å²) in [5.41, 5.74) is 5.25. The molecule has 0 spiro atoms. The van der Waals surface area contributed by atoms with Crippen LogP contribution in [0.5, 0.6) is 0 Å². The van der Waals surface area contributed by atoms with E-state index >= 15 is 0 Å². The van der Waals surface area contributed by atoms with Gasteiger partial charge in [0.1, 0.15) is 5.82 Å². The van der Waals surface area contributed by atoms with Crippen LogP contribution in [0, 0.1) is 5.82 Å². The fourth-order valence-electron chi connectivity index (χ4n) is 0.865. The van der Waals surface area contributed by atoms with E-state index in [0.717, 1.165) is 12.1 Å². The molecule has 0 saturated heterocycles. The fourth-order valence-corrected chi connectivity index (χ4v) is 1.05. The highest BCUT2D eigenvalue weighted by Crippen LogP contribution is 2.22. The molecule has 14 heavy (non-hydrogen) atoms. The molecule has 2 N–H and O–H groups in total. The minimum Gasteiger partial charge on any atom is -0.319 e. The normalized spacial score (nSPS) is 12.4. The highest BCUT2D eigenvalue weighted by atomic mass is 35.5. The molecule has 0 fully saturated rings. The van der Waals surface area contributed by atoms with Gasteiger partial charge in [-0.1, -0.05) is 17.7 Å². The summed E-state index contributed by atoms with van der Waals surface area (Å²) >= 11 is 5.39. The van der Waals surface area contributed by atoms with Gasteiger partial charge in [0.15, 0.2) is 0 Å². The summed E-state index contributed by atoms with van der Waals surface area (Å²) in [7, 11) is 0. The van der Waals surface area contributed by atoms with E-state index in [2.05, 4.69) is 0 Å². The Morgan fingerprint density at radius 2 is 1.86 bits per heavy atom. The lowest BCUT2D eigenvalue weighted by Crippen LogP contribution is -2.18. The molecular formula is C8H8Cl2F3N. The molecule has 1 aromatic rings. The number of halogens is 5. The van der Waals surface area contributed by atoms with Crippen LogP contribution in [-0.2, 0) is 0 Å². The molecule has 0 aliphatic rings. The summed E-state index contributed by atoms with van der Waals surface area (Å²) in [6.45, 7) is 0. The second kappa shape index (κ2) is 5.44. The number of benzene rings is 1. The second-order valence-electron chi connectivity index (χ2n) is 2.53. The monoisotopic (exact) mass is 245 g/mol. The molecule has 0 heterocycles. The Morgan fingerprint density at radius 3 is 2.29 bits per heavy atom. The smallest absolute Gasteiger partial charge is 0.257 e. The van der Waals surface area contributed by atoms with Crippen molar-refractivity contribution in [3.8, 4) is 0 Å². The molecule has 80 valence electrons. The Morgan fingerprint density at radius 1 is 1.29 bits per heavy atom. The predicted octanol–water partition coefficient (Wildman–Crippen LogP) is 3.17. The second-order valence-corrected chi connectivity index (χ2v) is 2.94. The Labute approximate surface area is 90.5 Å². The average Bonchev–Trinajstić information content (AvgIpc) is 2.08. The maximum atomic E-state index is 12.6. The Balaban J connectivity index is 0.00000169. The van der Waals surface area contributed by atoms with Crippen LogP contribution < -0.4 is 5.73 Å². The van der Waals surface area contributed by atoms with Crippen molar-refractivity contribution in [2.24, 2.45) is 5.73 Å². The van der Waals surface area contributed by atoms with Crippen LogP contribution in [0.1, 0.15) is 11.6 Å². The van der Waals surface area contributed by atoms with Crippen LogP contribution >= 0.6 is 24.0 Å². The zero-order chi connectivity index (χ0) is 10.0. The Kier molecular flexibility index (Phi) is 5.26. The van der Waals surface area contributed by atoms with Crippen molar-refractivity contribution >= 4 is 24.0 Å². The summed E-state index contributed by atoms with van der Waals surface area (Å²) in [6.07, 6.45) is -2.68. The van der Waals surface area contributed by atoms with E-state index in [1.807, 2.05) is 0 Å². The third-order valence-electron chi connectivity index (χ3n) is 1.60. The molecule has 1 atom stereocenters. The summed E-state index contributed by atoms with van der Waals surface area (Å²) < 4.78 is 36.8. The zero-order valence-corrected chi connectivity index (χ0v) is 8.46. The SMILES string of the molecule is Cl.N[C@@H](c1ccc(F)c(Cl)c1)C(F)F. The average molecular weight is 246 g/mol. The number of hydrogen-bond donors (Lipinski definition) is 1. The van der Waals surface area contributed by atoms with Crippen LogP contribution in [0.4, 0.5) is 13.2 Å². The van der Waals surface area contributed by atoms with Crippen LogP contribution in [0.2, 0.25) is 5.02 Å². The van der Waals surface area contributed by atoms with Gasteiger partial charge in [0, 0.05) is 0 Å². The molecule has 1 rings (SSSR count). The number of hydrogen-bond acceptors (Lipinski definition) is 1. The van der Waals surface area contributed by atoms with Gasteiger partial charge in [0.2, 0.25) is 0 Å². The van der Waals surface area contributed by atoms with Gasteiger partial charge < -0.3 is 5.73 Å². The van der Waals surface area contributed by atoms with Crippen molar-refractivity contribution < 1.29 is 13.2 Å². The standard InChI is InChI=1S/C8H7ClF3N.ClH/c9-5-3-4(1-2-6(5)10)7(13)8(11)12;/h1-3,7-8H,13H2;1H/t7-;/m0./s1. The zero-order valence-electron chi connectivity index (χ0n) is 6.88. The molecule has 6 heteroatoms. The first-order valence-corrected chi connectivity index (χ1v) is 3.89. The maximum Gasteiger partial charge on any atom is 0.257 e. The van der Waals surface area contributed by atoms with E-state index < -0.39 is 18.3 Å². The minimum absolute atomic E-state index is 0. The fraction of sp³-hybridized carbons (Fsp3) is 0.250. The summed E-state index contributed by atoms with van der Waals surface area (Å²) in [4.78, 5) is 0. The van der Waals surface area contributed by atoms with Crippen LogP contribution in [-0.4, -0.2) is 6.43 Å². The van der Waals surface area contributed by atoms with Gasteiger partial charge in [0.25, 0.3) is 6.43 Å². The van der Waals surface area contributed by atoms with Gasteiger partial charge in [-0.2, -0.15) is 0 Å². The lowest BCUT2D eigenvalue weighted by molar-refractivity contribution is 0.116. The summed E-state index contributed by atoms with van der Waals surface area (Å²) in [5.74, 6) is -0.646. The van der Waals surface area contributed by atoms with E-state index in [1.165, 1.54) is 6.07 Å². The van der Waals surface area contributed by atoms with Crippen molar-refractivity contribution in [3.63, 3.8) is 0 Å². The van der Waals surface area contributed by atoms with Gasteiger partial charge in [-0.25, -0.2) is 13.2 Å². The predicted molar refractivity (Wildman–Crippen MR) is 51.6 cm³/mol. The molecule has 0 aliphatic carbocycles. The Hall–Kier alpha value is -0.450. The highest BCUT2D eigenvalue weighted by molar-refractivity contribution is 6.30. The van der Waals surface area contributed by atoms with Gasteiger partial charge in [-0.15, -0.1) is 12.4 Å². The van der Waals surface area contributed by atoms with Crippen molar-refractivity contribution in [1.82, 2.24) is 0 Å². The van der Waals surface area contributed by atoms with E-state index in [9.17, 15) is 13.2 Å². The van der Waals surface area contributed by atoms with E-state index in [1.54, 1.807) is 0 Å². The van der Waals surface area contributed by atoms with E-state index in [0.29, 0.717) is 0 Å². The van der Waals surface area contributed by atoms with Crippen LogP contribution in [0.15, 0.2) is 18.2 Å².